The minimum absolute atomic E-state index is 0. The van der Waals surface area contributed by atoms with Gasteiger partial charge in [-0.3, -0.25) is 9.59 Å². The van der Waals surface area contributed by atoms with Crippen LogP contribution in [0.4, 0.5) is 0 Å². The molecule has 1 saturated heterocycles. The number of nitrogens with zero attached hydrogens (tertiary/aromatic N) is 1. The molecule has 0 spiro atoms. The topological polar surface area (TPSA) is 61.4 Å². The van der Waals surface area contributed by atoms with Crippen LogP contribution < -0.4 is 10.6 Å². The van der Waals surface area contributed by atoms with Crippen LogP contribution in [0.1, 0.15) is 32.3 Å². The van der Waals surface area contributed by atoms with Crippen molar-refractivity contribution in [2.75, 3.05) is 19.6 Å². The first-order valence-electron chi connectivity index (χ1n) is 8.46. The summed E-state index contributed by atoms with van der Waals surface area (Å²) in [5.74, 6) is 0.00208. The molecule has 134 valence electrons. The van der Waals surface area contributed by atoms with E-state index < -0.39 is 0 Å². The highest BCUT2D eigenvalue weighted by atomic mass is 35.5. The Balaban J connectivity index is 0.00000288. The second-order valence-corrected chi connectivity index (χ2v) is 6.11. The van der Waals surface area contributed by atoms with Crippen molar-refractivity contribution in [1.82, 2.24) is 15.5 Å². The number of hydrogen-bond donors (Lipinski definition) is 2. The molecule has 1 unspecified atom stereocenters. The first-order chi connectivity index (χ1) is 11.1. The van der Waals surface area contributed by atoms with Crippen LogP contribution in [0.25, 0.3) is 0 Å². The van der Waals surface area contributed by atoms with Gasteiger partial charge in [-0.1, -0.05) is 37.3 Å². The molecule has 2 atom stereocenters. The predicted octanol–water partition coefficient (Wildman–Crippen LogP) is 1.76. The van der Waals surface area contributed by atoms with Gasteiger partial charge >= 0.3 is 0 Å². The zero-order chi connectivity index (χ0) is 16.7. The average molecular weight is 354 g/mol. The summed E-state index contributed by atoms with van der Waals surface area (Å²) >= 11 is 0. The van der Waals surface area contributed by atoms with Gasteiger partial charge < -0.3 is 15.5 Å². The van der Waals surface area contributed by atoms with E-state index in [1.54, 1.807) is 4.90 Å². The third-order valence-corrected chi connectivity index (χ3v) is 4.21. The second kappa shape index (κ2) is 10.3. The van der Waals surface area contributed by atoms with Crippen LogP contribution in [0.3, 0.4) is 0 Å². The van der Waals surface area contributed by atoms with E-state index in [1.807, 2.05) is 44.2 Å². The summed E-state index contributed by atoms with van der Waals surface area (Å²) in [6, 6.07) is 9.60. The molecule has 0 aromatic heterocycles. The molecule has 1 aromatic carbocycles. The van der Waals surface area contributed by atoms with Crippen molar-refractivity contribution in [3.05, 3.63) is 35.9 Å². The Bertz CT molecular complexity index is 524. The van der Waals surface area contributed by atoms with Crippen LogP contribution in [0, 0.1) is 0 Å². The summed E-state index contributed by atoms with van der Waals surface area (Å²) < 4.78 is 0. The van der Waals surface area contributed by atoms with Crippen molar-refractivity contribution in [1.29, 1.82) is 0 Å². The molecular weight excluding hydrogens is 326 g/mol. The van der Waals surface area contributed by atoms with Crippen LogP contribution in [0.2, 0.25) is 0 Å². The van der Waals surface area contributed by atoms with E-state index in [2.05, 4.69) is 10.6 Å². The Morgan fingerprint density at radius 3 is 2.67 bits per heavy atom. The number of amides is 2. The van der Waals surface area contributed by atoms with Crippen LogP contribution in [-0.4, -0.2) is 48.4 Å². The van der Waals surface area contributed by atoms with Crippen LogP contribution in [0.5, 0.6) is 0 Å². The van der Waals surface area contributed by atoms with Crippen molar-refractivity contribution in [3.63, 3.8) is 0 Å². The number of likely N-dealkylation sites (N-methyl/N-ethyl adjacent to an activating group) is 1. The zero-order valence-corrected chi connectivity index (χ0v) is 15.3. The number of rotatable bonds is 7. The van der Waals surface area contributed by atoms with E-state index in [0.29, 0.717) is 19.5 Å². The Morgan fingerprint density at radius 2 is 2.00 bits per heavy atom. The summed E-state index contributed by atoms with van der Waals surface area (Å²) in [6.07, 6.45) is 2.00. The van der Waals surface area contributed by atoms with Gasteiger partial charge in [0.1, 0.15) is 6.04 Å². The molecule has 6 heteroatoms. The average Bonchev–Trinajstić information content (AvgIpc) is 3.03. The summed E-state index contributed by atoms with van der Waals surface area (Å²) in [5.41, 5.74) is 0.990. The number of carbonyl (C=O) groups is 2. The number of nitrogens with one attached hydrogen (secondary N) is 2. The SMILES string of the molecule is CCN[C@H](C)CNC(=O)C1CCCN1C(=O)Cc1ccccc1.Cl. The van der Waals surface area contributed by atoms with E-state index >= 15 is 0 Å². The largest absolute Gasteiger partial charge is 0.353 e. The van der Waals surface area contributed by atoms with E-state index in [9.17, 15) is 9.59 Å². The van der Waals surface area contributed by atoms with E-state index in [4.69, 9.17) is 0 Å². The molecule has 5 nitrogen and oxygen atoms in total. The Hall–Kier alpha value is -1.59. The maximum atomic E-state index is 12.5. The molecule has 1 aliphatic heterocycles. The molecular formula is C18H28ClN3O2. The quantitative estimate of drug-likeness (QED) is 0.785. The molecule has 2 amide bonds. The lowest BCUT2D eigenvalue weighted by Gasteiger charge is -2.25. The lowest BCUT2D eigenvalue weighted by atomic mass is 10.1. The predicted molar refractivity (Wildman–Crippen MR) is 98.3 cm³/mol. The lowest BCUT2D eigenvalue weighted by Crippen LogP contribution is -2.49. The smallest absolute Gasteiger partial charge is 0.242 e. The molecule has 1 fully saturated rings. The first-order valence-corrected chi connectivity index (χ1v) is 8.46. The van der Waals surface area contributed by atoms with Gasteiger partial charge in [0.25, 0.3) is 0 Å². The number of hydrogen-bond acceptors (Lipinski definition) is 3. The standard InChI is InChI=1S/C18H27N3O2.ClH/c1-3-19-14(2)13-20-18(23)16-10-7-11-21(16)17(22)12-15-8-5-4-6-9-15;/h4-6,8-9,14,16,19H,3,7,10-13H2,1-2H3,(H,20,23);1H/t14-,16?;/m1./s1. The van der Waals surface area contributed by atoms with E-state index in [-0.39, 0.29) is 36.3 Å². The van der Waals surface area contributed by atoms with E-state index in [0.717, 1.165) is 24.9 Å². The van der Waals surface area contributed by atoms with Crippen molar-refractivity contribution >= 4 is 24.2 Å². The van der Waals surface area contributed by atoms with Gasteiger partial charge in [-0.05, 0) is 31.9 Å². The fourth-order valence-electron chi connectivity index (χ4n) is 3.00. The highest BCUT2D eigenvalue weighted by Gasteiger charge is 2.33. The fourth-order valence-corrected chi connectivity index (χ4v) is 3.00. The first kappa shape index (κ1) is 20.5. The highest BCUT2D eigenvalue weighted by Crippen LogP contribution is 2.19. The zero-order valence-electron chi connectivity index (χ0n) is 14.5. The molecule has 1 aliphatic rings. The molecule has 0 aliphatic carbocycles. The van der Waals surface area contributed by atoms with Crippen LogP contribution in [-0.2, 0) is 16.0 Å². The summed E-state index contributed by atoms with van der Waals surface area (Å²) in [5, 5.41) is 6.23. The number of benzene rings is 1. The van der Waals surface area contributed by atoms with Crippen molar-refractivity contribution in [2.45, 2.75) is 45.2 Å². The maximum Gasteiger partial charge on any atom is 0.242 e. The summed E-state index contributed by atoms with van der Waals surface area (Å²) in [7, 11) is 0. The van der Waals surface area contributed by atoms with Crippen molar-refractivity contribution in [3.8, 4) is 0 Å². The van der Waals surface area contributed by atoms with Gasteiger partial charge in [0, 0.05) is 19.1 Å². The molecule has 0 radical (unpaired) electrons. The highest BCUT2D eigenvalue weighted by molar-refractivity contribution is 5.89. The Kier molecular flexibility index (Phi) is 8.79. The van der Waals surface area contributed by atoms with E-state index in [1.165, 1.54) is 0 Å². The number of likely N-dealkylation sites (tertiary alicyclic amines) is 1. The Morgan fingerprint density at radius 1 is 1.29 bits per heavy atom. The molecule has 2 N–H and O–H groups in total. The van der Waals surface area contributed by atoms with Gasteiger partial charge in [-0.2, -0.15) is 0 Å². The lowest BCUT2D eigenvalue weighted by molar-refractivity contribution is -0.138. The molecule has 2 rings (SSSR count). The van der Waals surface area contributed by atoms with Crippen molar-refractivity contribution in [2.24, 2.45) is 0 Å². The summed E-state index contributed by atoms with van der Waals surface area (Å²) in [6.45, 7) is 6.22. The monoisotopic (exact) mass is 353 g/mol. The van der Waals surface area contributed by atoms with Gasteiger partial charge in [0.2, 0.25) is 11.8 Å². The van der Waals surface area contributed by atoms with Gasteiger partial charge in [0.15, 0.2) is 0 Å². The molecule has 0 bridgehead atoms. The minimum Gasteiger partial charge on any atom is -0.353 e. The normalized spacial score (nSPS) is 17.9. The molecule has 24 heavy (non-hydrogen) atoms. The van der Waals surface area contributed by atoms with Crippen LogP contribution >= 0.6 is 12.4 Å². The van der Waals surface area contributed by atoms with Gasteiger partial charge in [0.05, 0.1) is 6.42 Å². The number of carbonyl (C=O) groups excluding carboxylic acids is 2. The Labute approximate surface area is 150 Å². The van der Waals surface area contributed by atoms with Crippen LogP contribution in [0.15, 0.2) is 30.3 Å². The van der Waals surface area contributed by atoms with Crippen molar-refractivity contribution < 1.29 is 9.59 Å². The molecule has 0 saturated carbocycles. The molecule has 1 aromatic rings. The summed E-state index contributed by atoms with van der Waals surface area (Å²) in [4.78, 5) is 26.6. The maximum absolute atomic E-state index is 12.5. The third-order valence-electron chi connectivity index (χ3n) is 4.21. The minimum atomic E-state index is -0.319. The third kappa shape index (κ3) is 5.80. The van der Waals surface area contributed by atoms with Gasteiger partial charge in [-0.25, -0.2) is 0 Å². The van der Waals surface area contributed by atoms with Gasteiger partial charge in [-0.15, -0.1) is 12.4 Å². The fraction of sp³-hybridized carbons (Fsp3) is 0.556. The second-order valence-electron chi connectivity index (χ2n) is 6.11. The molecule has 1 heterocycles. The number of halogens is 1.